The van der Waals surface area contributed by atoms with Crippen molar-refractivity contribution < 1.29 is 4.39 Å². The molecule has 0 aliphatic rings. The van der Waals surface area contributed by atoms with Gasteiger partial charge in [-0.3, -0.25) is 0 Å². The fourth-order valence-corrected chi connectivity index (χ4v) is 3.32. The van der Waals surface area contributed by atoms with E-state index in [0.717, 1.165) is 26.6 Å². The fraction of sp³-hybridized carbons (Fsp3) is 0.188. The number of nitrogens with two attached hydrogens (primary N) is 1. The lowest BCUT2D eigenvalue weighted by Gasteiger charge is -2.24. The van der Waals surface area contributed by atoms with Crippen molar-refractivity contribution in [3.63, 3.8) is 0 Å². The molecule has 0 saturated heterocycles. The Hall–Kier alpha value is -2.14. The molecule has 2 aromatic carbocycles. The maximum atomic E-state index is 13.5. The van der Waals surface area contributed by atoms with Gasteiger partial charge in [0, 0.05) is 12.2 Å². The molecule has 0 fully saturated rings. The third-order valence-electron chi connectivity index (χ3n) is 3.37. The second kappa shape index (κ2) is 5.33. The van der Waals surface area contributed by atoms with E-state index in [1.54, 1.807) is 17.4 Å². The second-order valence-electron chi connectivity index (χ2n) is 4.84. The zero-order valence-corrected chi connectivity index (χ0v) is 12.7. The highest BCUT2D eigenvalue weighted by atomic mass is 32.1. The minimum Gasteiger partial charge on any atom is -0.397 e. The molecule has 0 aliphatic carbocycles. The van der Waals surface area contributed by atoms with Gasteiger partial charge in [-0.25, -0.2) is 9.37 Å². The lowest BCUT2D eigenvalue weighted by molar-refractivity contribution is 0.627. The maximum Gasteiger partial charge on any atom is 0.125 e. The molecular weight excluding hydrogens is 285 g/mol. The molecule has 3 nitrogen and oxygen atoms in total. The zero-order valence-electron chi connectivity index (χ0n) is 11.9. The minimum absolute atomic E-state index is 0.255. The number of rotatable bonds is 3. The number of anilines is 3. The van der Waals surface area contributed by atoms with Crippen molar-refractivity contribution in [1.82, 2.24) is 4.98 Å². The van der Waals surface area contributed by atoms with E-state index in [1.807, 2.05) is 36.9 Å². The van der Waals surface area contributed by atoms with Crippen molar-refractivity contribution in [3.05, 3.63) is 47.2 Å². The molecule has 0 amide bonds. The van der Waals surface area contributed by atoms with Gasteiger partial charge >= 0.3 is 0 Å². The molecule has 0 spiro atoms. The Kier molecular flexibility index (Phi) is 3.51. The van der Waals surface area contributed by atoms with Gasteiger partial charge in [0.2, 0.25) is 0 Å². The summed E-state index contributed by atoms with van der Waals surface area (Å²) >= 11 is 1.62. The standard InChI is InChI=1S/C16H16FN3S/c1-3-20(12-6-4-5-11(17)7-12)15-9-14-16(8-13(15)18)21-10(2)19-14/h4-9H,3,18H2,1-2H3. The molecule has 0 atom stereocenters. The van der Waals surface area contributed by atoms with Crippen LogP contribution in [0.2, 0.25) is 0 Å². The normalized spacial score (nSPS) is 11.0. The first kappa shape index (κ1) is 13.8. The van der Waals surface area contributed by atoms with Crippen LogP contribution in [0, 0.1) is 12.7 Å². The highest BCUT2D eigenvalue weighted by Gasteiger charge is 2.14. The number of hydrogen-bond acceptors (Lipinski definition) is 4. The van der Waals surface area contributed by atoms with E-state index in [2.05, 4.69) is 4.98 Å². The smallest absolute Gasteiger partial charge is 0.125 e. The molecule has 0 radical (unpaired) electrons. The molecule has 0 unspecified atom stereocenters. The first-order valence-corrected chi connectivity index (χ1v) is 7.60. The van der Waals surface area contributed by atoms with E-state index < -0.39 is 0 Å². The summed E-state index contributed by atoms with van der Waals surface area (Å²) in [5.74, 6) is -0.255. The molecule has 3 rings (SSSR count). The Labute approximate surface area is 126 Å². The molecule has 0 aliphatic heterocycles. The quantitative estimate of drug-likeness (QED) is 0.725. The van der Waals surface area contributed by atoms with E-state index in [1.165, 1.54) is 12.1 Å². The summed E-state index contributed by atoms with van der Waals surface area (Å²) in [4.78, 5) is 6.50. The molecule has 108 valence electrons. The van der Waals surface area contributed by atoms with Crippen molar-refractivity contribution in [2.45, 2.75) is 13.8 Å². The molecule has 21 heavy (non-hydrogen) atoms. The molecule has 0 saturated carbocycles. The molecule has 3 aromatic rings. The first-order valence-electron chi connectivity index (χ1n) is 6.78. The van der Waals surface area contributed by atoms with Crippen LogP contribution in [-0.2, 0) is 0 Å². The van der Waals surface area contributed by atoms with Crippen LogP contribution in [0.5, 0.6) is 0 Å². The van der Waals surface area contributed by atoms with Gasteiger partial charge < -0.3 is 10.6 Å². The van der Waals surface area contributed by atoms with Crippen LogP contribution in [0.1, 0.15) is 11.9 Å². The van der Waals surface area contributed by atoms with Gasteiger partial charge in [0.1, 0.15) is 5.82 Å². The van der Waals surface area contributed by atoms with Crippen molar-refractivity contribution in [2.75, 3.05) is 17.2 Å². The Morgan fingerprint density at radius 1 is 1.29 bits per heavy atom. The van der Waals surface area contributed by atoms with E-state index in [4.69, 9.17) is 5.73 Å². The SMILES string of the molecule is CCN(c1cccc(F)c1)c1cc2nc(C)sc2cc1N. The largest absolute Gasteiger partial charge is 0.397 e. The predicted molar refractivity (Wildman–Crippen MR) is 87.8 cm³/mol. The van der Waals surface area contributed by atoms with Crippen LogP contribution in [0.15, 0.2) is 36.4 Å². The summed E-state index contributed by atoms with van der Waals surface area (Å²) in [7, 11) is 0. The van der Waals surface area contributed by atoms with Gasteiger partial charge in [-0.15, -0.1) is 11.3 Å². The Balaban J connectivity index is 2.14. The molecule has 1 aromatic heterocycles. The number of halogens is 1. The number of aromatic nitrogens is 1. The first-order chi connectivity index (χ1) is 10.1. The topological polar surface area (TPSA) is 42.2 Å². The molecule has 0 bridgehead atoms. The van der Waals surface area contributed by atoms with Crippen LogP contribution >= 0.6 is 11.3 Å². The van der Waals surface area contributed by atoms with Crippen LogP contribution in [0.3, 0.4) is 0 Å². The summed E-state index contributed by atoms with van der Waals surface area (Å²) in [5, 5.41) is 1.01. The maximum absolute atomic E-state index is 13.5. The van der Waals surface area contributed by atoms with Crippen molar-refractivity contribution in [3.8, 4) is 0 Å². The fourth-order valence-electron chi connectivity index (χ4n) is 2.46. The monoisotopic (exact) mass is 301 g/mol. The minimum atomic E-state index is -0.255. The average molecular weight is 301 g/mol. The van der Waals surface area contributed by atoms with Crippen LogP contribution < -0.4 is 10.6 Å². The van der Waals surface area contributed by atoms with Crippen LogP contribution in [0.4, 0.5) is 21.5 Å². The van der Waals surface area contributed by atoms with E-state index >= 15 is 0 Å². The average Bonchev–Trinajstić information content (AvgIpc) is 2.79. The summed E-state index contributed by atoms with van der Waals surface area (Å²) in [5.41, 5.74) is 9.45. The number of benzene rings is 2. The van der Waals surface area contributed by atoms with Gasteiger partial charge in [-0.1, -0.05) is 6.07 Å². The third-order valence-corrected chi connectivity index (χ3v) is 4.30. The number of aryl methyl sites for hydroxylation is 1. The van der Waals surface area contributed by atoms with Crippen molar-refractivity contribution in [2.24, 2.45) is 0 Å². The molecule has 1 heterocycles. The lowest BCUT2D eigenvalue weighted by atomic mass is 10.2. The summed E-state index contributed by atoms with van der Waals surface area (Å²) in [6.07, 6.45) is 0. The molecular formula is C16H16FN3S. The Morgan fingerprint density at radius 2 is 2.10 bits per heavy atom. The van der Waals surface area contributed by atoms with Gasteiger partial charge in [0.25, 0.3) is 0 Å². The second-order valence-corrected chi connectivity index (χ2v) is 6.07. The highest BCUT2D eigenvalue weighted by molar-refractivity contribution is 7.18. The Morgan fingerprint density at radius 3 is 2.81 bits per heavy atom. The van der Waals surface area contributed by atoms with Crippen LogP contribution in [-0.4, -0.2) is 11.5 Å². The summed E-state index contributed by atoms with van der Waals surface area (Å²) in [6, 6.07) is 10.4. The Bertz CT molecular complexity index is 797. The van der Waals surface area contributed by atoms with Gasteiger partial charge in [0.15, 0.2) is 0 Å². The molecule has 2 N–H and O–H groups in total. The van der Waals surface area contributed by atoms with Crippen LogP contribution in [0.25, 0.3) is 10.2 Å². The highest BCUT2D eigenvalue weighted by Crippen LogP contribution is 2.35. The van der Waals surface area contributed by atoms with Gasteiger partial charge in [-0.2, -0.15) is 0 Å². The van der Waals surface area contributed by atoms with Crippen molar-refractivity contribution >= 4 is 38.6 Å². The summed E-state index contributed by atoms with van der Waals surface area (Å²) in [6.45, 7) is 4.69. The predicted octanol–water partition coefficient (Wildman–Crippen LogP) is 4.48. The number of nitrogen functional groups attached to an aromatic ring is 1. The number of fused-ring (bicyclic) bond motifs is 1. The van der Waals surface area contributed by atoms with E-state index in [-0.39, 0.29) is 5.82 Å². The third kappa shape index (κ3) is 2.56. The molecule has 5 heteroatoms. The lowest BCUT2D eigenvalue weighted by Crippen LogP contribution is -2.17. The van der Waals surface area contributed by atoms with E-state index in [9.17, 15) is 4.39 Å². The summed E-state index contributed by atoms with van der Waals surface area (Å²) < 4.78 is 14.5. The number of nitrogens with zero attached hydrogens (tertiary/aromatic N) is 2. The number of hydrogen-bond donors (Lipinski definition) is 1. The van der Waals surface area contributed by atoms with E-state index in [0.29, 0.717) is 12.2 Å². The van der Waals surface area contributed by atoms with Gasteiger partial charge in [0.05, 0.1) is 26.6 Å². The van der Waals surface area contributed by atoms with Gasteiger partial charge in [-0.05, 0) is 44.2 Å². The van der Waals surface area contributed by atoms with Crippen molar-refractivity contribution in [1.29, 1.82) is 0 Å². The number of thiazole rings is 1. The zero-order chi connectivity index (χ0) is 15.0.